The normalized spacial score (nSPS) is 21.5. The fraction of sp³-hybridized carbons (Fsp3) is 0.667. The van der Waals surface area contributed by atoms with E-state index in [2.05, 4.69) is 14.9 Å². The third-order valence-corrected chi connectivity index (χ3v) is 4.69. The number of nitrogens with zero attached hydrogens (tertiary/aromatic N) is 4. The first-order valence-electron chi connectivity index (χ1n) is 7.75. The second kappa shape index (κ2) is 6.71. The molecule has 3 rings (SSSR count). The number of hydrogen-bond acceptors (Lipinski definition) is 4. The first-order chi connectivity index (χ1) is 10.2. The SMILES string of the molecule is O=C(c1cnc(Cl)cn1)N1CCC(N2CCCCC2)CC1. The summed E-state index contributed by atoms with van der Waals surface area (Å²) in [4.78, 5) is 24.8. The van der Waals surface area contributed by atoms with Crippen LogP contribution in [-0.2, 0) is 0 Å². The number of carbonyl (C=O) groups is 1. The van der Waals surface area contributed by atoms with Crippen LogP contribution in [0.15, 0.2) is 12.4 Å². The van der Waals surface area contributed by atoms with Crippen molar-refractivity contribution in [3.63, 3.8) is 0 Å². The summed E-state index contributed by atoms with van der Waals surface area (Å²) in [5.41, 5.74) is 0.385. The van der Waals surface area contributed by atoms with E-state index in [0.29, 0.717) is 16.9 Å². The van der Waals surface area contributed by atoms with Gasteiger partial charge in [0.2, 0.25) is 0 Å². The Morgan fingerprint density at radius 3 is 2.38 bits per heavy atom. The van der Waals surface area contributed by atoms with Gasteiger partial charge in [-0.2, -0.15) is 0 Å². The van der Waals surface area contributed by atoms with Crippen LogP contribution in [0, 0.1) is 0 Å². The molecule has 0 aromatic carbocycles. The van der Waals surface area contributed by atoms with E-state index in [1.165, 1.54) is 44.7 Å². The molecular formula is C15H21ClN4O. The van der Waals surface area contributed by atoms with Crippen molar-refractivity contribution in [2.75, 3.05) is 26.2 Å². The Labute approximate surface area is 130 Å². The summed E-state index contributed by atoms with van der Waals surface area (Å²) in [5, 5.41) is 0.315. The maximum absolute atomic E-state index is 12.4. The largest absolute Gasteiger partial charge is 0.337 e. The summed E-state index contributed by atoms with van der Waals surface area (Å²) in [5.74, 6) is -0.0312. The number of hydrogen-bond donors (Lipinski definition) is 0. The molecule has 2 saturated heterocycles. The van der Waals surface area contributed by atoms with E-state index in [1.54, 1.807) is 0 Å². The quantitative estimate of drug-likeness (QED) is 0.840. The van der Waals surface area contributed by atoms with Gasteiger partial charge in [0.25, 0.3) is 5.91 Å². The summed E-state index contributed by atoms with van der Waals surface area (Å²) in [6.45, 7) is 4.07. The Kier molecular flexibility index (Phi) is 4.70. The van der Waals surface area contributed by atoms with Crippen LogP contribution in [-0.4, -0.2) is 57.9 Å². The number of rotatable bonds is 2. The highest BCUT2D eigenvalue weighted by Crippen LogP contribution is 2.21. The number of amides is 1. The lowest BCUT2D eigenvalue weighted by atomic mass is 10.00. The van der Waals surface area contributed by atoms with Gasteiger partial charge in [-0.05, 0) is 38.8 Å². The highest BCUT2D eigenvalue weighted by atomic mass is 35.5. The molecule has 0 N–H and O–H groups in total. The standard InChI is InChI=1S/C15H21ClN4O/c16-14-11-17-13(10-18-14)15(21)20-8-4-12(5-9-20)19-6-2-1-3-7-19/h10-12H,1-9H2. The Hall–Kier alpha value is -1.20. The third kappa shape index (κ3) is 3.52. The topological polar surface area (TPSA) is 49.3 Å². The molecule has 0 bridgehead atoms. The molecule has 2 aliphatic rings. The van der Waals surface area contributed by atoms with Crippen LogP contribution in [0.4, 0.5) is 0 Å². The summed E-state index contributed by atoms with van der Waals surface area (Å²) in [6.07, 6.45) is 9.01. The van der Waals surface area contributed by atoms with E-state index in [0.717, 1.165) is 25.9 Å². The Balaban J connectivity index is 1.55. The van der Waals surface area contributed by atoms with Crippen LogP contribution in [0.2, 0.25) is 5.15 Å². The highest BCUT2D eigenvalue weighted by molar-refractivity contribution is 6.29. The molecule has 114 valence electrons. The fourth-order valence-electron chi connectivity index (χ4n) is 3.30. The van der Waals surface area contributed by atoms with Crippen molar-refractivity contribution < 1.29 is 4.79 Å². The van der Waals surface area contributed by atoms with Gasteiger partial charge in [-0.1, -0.05) is 18.0 Å². The molecule has 3 heterocycles. The average Bonchev–Trinajstić information content (AvgIpc) is 2.56. The molecule has 1 aromatic heterocycles. The smallest absolute Gasteiger partial charge is 0.274 e. The molecule has 1 aromatic rings. The van der Waals surface area contributed by atoms with Crippen molar-refractivity contribution in [2.24, 2.45) is 0 Å². The van der Waals surface area contributed by atoms with Gasteiger partial charge in [0.05, 0.1) is 12.4 Å². The lowest BCUT2D eigenvalue weighted by Crippen LogP contribution is -2.48. The molecule has 21 heavy (non-hydrogen) atoms. The Morgan fingerprint density at radius 1 is 1.05 bits per heavy atom. The molecule has 0 spiro atoms. The van der Waals surface area contributed by atoms with Gasteiger partial charge >= 0.3 is 0 Å². The molecular weight excluding hydrogens is 288 g/mol. The summed E-state index contributed by atoms with van der Waals surface area (Å²) < 4.78 is 0. The zero-order valence-corrected chi connectivity index (χ0v) is 12.9. The minimum Gasteiger partial charge on any atom is -0.337 e. The number of piperidine rings is 2. The lowest BCUT2D eigenvalue weighted by molar-refractivity contribution is 0.0584. The fourth-order valence-corrected chi connectivity index (χ4v) is 3.40. The average molecular weight is 309 g/mol. The van der Waals surface area contributed by atoms with Gasteiger partial charge in [0, 0.05) is 19.1 Å². The molecule has 2 aliphatic heterocycles. The van der Waals surface area contributed by atoms with E-state index in [1.807, 2.05) is 4.90 Å². The summed E-state index contributed by atoms with van der Waals surface area (Å²) in [6, 6.07) is 0.644. The number of likely N-dealkylation sites (tertiary alicyclic amines) is 2. The second-order valence-electron chi connectivity index (χ2n) is 5.84. The summed E-state index contributed by atoms with van der Waals surface area (Å²) >= 11 is 5.70. The van der Waals surface area contributed by atoms with E-state index >= 15 is 0 Å². The van der Waals surface area contributed by atoms with Crippen molar-refractivity contribution in [2.45, 2.75) is 38.1 Å². The van der Waals surface area contributed by atoms with Crippen LogP contribution >= 0.6 is 11.6 Å². The molecule has 1 amide bonds. The van der Waals surface area contributed by atoms with Gasteiger partial charge in [-0.15, -0.1) is 0 Å². The van der Waals surface area contributed by atoms with Crippen molar-refractivity contribution in [3.8, 4) is 0 Å². The van der Waals surface area contributed by atoms with Gasteiger partial charge in [0.15, 0.2) is 0 Å². The number of halogens is 1. The molecule has 5 nitrogen and oxygen atoms in total. The Morgan fingerprint density at radius 2 is 1.76 bits per heavy atom. The van der Waals surface area contributed by atoms with Gasteiger partial charge < -0.3 is 9.80 Å². The van der Waals surface area contributed by atoms with Crippen molar-refractivity contribution >= 4 is 17.5 Å². The predicted octanol–water partition coefficient (Wildman–Crippen LogP) is 2.22. The third-order valence-electron chi connectivity index (χ3n) is 4.50. The van der Waals surface area contributed by atoms with Crippen LogP contribution in [0.25, 0.3) is 0 Å². The zero-order chi connectivity index (χ0) is 14.7. The molecule has 0 atom stereocenters. The number of carbonyl (C=O) groups excluding carboxylic acids is 1. The molecule has 6 heteroatoms. The van der Waals surface area contributed by atoms with E-state index in [4.69, 9.17) is 11.6 Å². The molecule has 0 saturated carbocycles. The van der Waals surface area contributed by atoms with Gasteiger partial charge in [-0.3, -0.25) is 4.79 Å². The van der Waals surface area contributed by atoms with Crippen LogP contribution in [0.1, 0.15) is 42.6 Å². The second-order valence-corrected chi connectivity index (χ2v) is 6.23. The van der Waals surface area contributed by atoms with Crippen molar-refractivity contribution in [1.82, 2.24) is 19.8 Å². The first-order valence-corrected chi connectivity index (χ1v) is 8.13. The first kappa shape index (κ1) is 14.7. The van der Waals surface area contributed by atoms with Gasteiger partial charge in [-0.25, -0.2) is 9.97 Å². The van der Waals surface area contributed by atoms with E-state index in [9.17, 15) is 4.79 Å². The van der Waals surface area contributed by atoms with E-state index < -0.39 is 0 Å². The highest BCUT2D eigenvalue weighted by Gasteiger charge is 2.28. The predicted molar refractivity (Wildman–Crippen MR) is 81.4 cm³/mol. The molecule has 2 fully saturated rings. The summed E-state index contributed by atoms with van der Waals surface area (Å²) in [7, 11) is 0. The van der Waals surface area contributed by atoms with Crippen LogP contribution < -0.4 is 0 Å². The van der Waals surface area contributed by atoms with Crippen LogP contribution in [0.5, 0.6) is 0 Å². The maximum atomic E-state index is 12.4. The van der Waals surface area contributed by atoms with Gasteiger partial charge in [0.1, 0.15) is 10.8 Å². The lowest BCUT2D eigenvalue weighted by Gasteiger charge is -2.40. The zero-order valence-electron chi connectivity index (χ0n) is 12.2. The van der Waals surface area contributed by atoms with Crippen LogP contribution in [0.3, 0.4) is 0 Å². The molecule has 0 aliphatic carbocycles. The van der Waals surface area contributed by atoms with Crippen molar-refractivity contribution in [1.29, 1.82) is 0 Å². The monoisotopic (exact) mass is 308 g/mol. The minimum absolute atomic E-state index is 0.0312. The Bertz CT molecular complexity index is 479. The van der Waals surface area contributed by atoms with E-state index in [-0.39, 0.29) is 5.91 Å². The van der Waals surface area contributed by atoms with Crippen molar-refractivity contribution in [3.05, 3.63) is 23.2 Å². The molecule has 0 radical (unpaired) electrons. The number of aromatic nitrogens is 2. The minimum atomic E-state index is -0.0312. The maximum Gasteiger partial charge on any atom is 0.274 e. The molecule has 0 unspecified atom stereocenters.